The third kappa shape index (κ3) is 7.79. The summed E-state index contributed by atoms with van der Waals surface area (Å²) in [5, 5.41) is 9.98. The molecule has 3 aromatic heterocycles. The molecule has 10 aromatic rings. The molecule has 59 heavy (non-hydrogen) atoms. The monoisotopic (exact) mass is 966 g/mol. The first-order chi connectivity index (χ1) is 30.7. The first-order valence-electron chi connectivity index (χ1n) is 22.6. The molecule has 0 aliphatic carbocycles. The second kappa shape index (κ2) is 16.9. The first kappa shape index (κ1) is 33.2. The Morgan fingerprint density at radius 1 is 0.644 bits per heavy atom. The molecule has 5 heteroatoms. The second-order valence-corrected chi connectivity index (χ2v) is 16.1. The summed E-state index contributed by atoms with van der Waals surface area (Å²) in [4.78, 5) is 9.37. The van der Waals surface area contributed by atoms with Crippen molar-refractivity contribution >= 4 is 54.0 Å². The minimum Gasteiger partial charge on any atom is -0.333 e. The van der Waals surface area contributed by atoms with Crippen LogP contribution in [0.1, 0.15) is 70.0 Å². The summed E-state index contributed by atoms with van der Waals surface area (Å²) in [5.74, 6) is 1.70. The van der Waals surface area contributed by atoms with Crippen molar-refractivity contribution in [2.75, 3.05) is 0 Å². The zero-order chi connectivity index (χ0) is 44.9. The molecule has 0 atom stereocenters. The van der Waals surface area contributed by atoms with Gasteiger partial charge in [0.05, 0.1) is 16.9 Å². The van der Waals surface area contributed by atoms with Crippen LogP contribution in [0.25, 0.3) is 82.1 Å². The largest absolute Gasteiger partial charge is 0.333 e. The molecule has 0 amide bonds. The van der Waals surface area contributed by atoms with Gasteiger partial charge >= 0.3 is 0 Å². The van der Waals surface area contributed by atoms with Gasteiger partial charge in [-0.05, 0) is 91.9 Å². The van der Waals surface area contributed by atoms with E-state index in [0.29, 0.717) is 23.1 Å². The molecule has 0 aliphatic rings. The molecule has 293 valence electrons. The maximum absolute atomic E-state index is 7.28. The van der Waals surface area contributed by atoms with Crippen LogP contribution in [0.2, 0.25) is 0 Å². The third-order valence-corrected chi connectivity index (χ3v) is 11.7. The topological polar surface area (TPSA) is 30.7 Å². The standard InChI is InChI=1S/C41H33N2S.C13H12N.Ir/c1-25(2)31-12-9-13-32(26(3)4)40(31)43-38-15-8-7-14-37(38)42-41(43)36-24-44-39-21-20-30(23-35(36)39)29-19-18-28-17-16-27-10-5-6-11-33(27)34(28)22-29;1-10-3-6-12(7-4-10)13-8-5-11(2)9-14-13;/h5-23,25-26H,1-4H3;3-6,8-9H,1-2H3;/q2*-1;/i;1D3,2D3;. The quantitative estimate of drug-likeness (QED) is 0.123. The summed E-state index contributed by atoms with van der Waals surface area (Å²) in [6, 6.07) is 52.5. The van der Waals surface area contributed by atoms with Crippen molar-refractivity contribution in [1.82, 2.24) is 14.5 Å². The smallest absolute Gasteiger partial charge is 0.0774 e. The fraction of sp³-hybridized carbons (Fsp3) is 0.148. The number of thiophene rings is 1. The molecule has 0 bridgehead atoms. The van der Waals surface area contributed by atoms with E-state index >= 15 is 0 Å². The van der Waals surface area contributed by atoms with Crippen LogP contribution in [0.3, 0.4) is 0 Å². The Balaban J connectivity index is 0.000000232. The van der Waals surface area contributed by atoms with Crippen LogP contribution < -0.4 is 0 Å². The molecular weight excluding hydrogens is 915 g/mol. The Morgan fingerprint density at radius 3 is 2.03 bits per heavy atom. The maximum atomic E-state index is 7.28. The van der Waals surface area contributed by atoms with Crippen LogP contribution in [0, 0.1) is 25.2 Å². The van der Waals surface area contributed by atoms with Crippen LogP contribution in [-0.4, -0.2) is 14.5 Å². The van der Waals surface area contributed by atoms with Crippen molar-refractivity contribution in [3.63, 3.8) is 0 Å². The van der Waals surface area contributed by atoms with Crippen LogP contribution in [0.4, 0.5) is 0 Å². The number of aromatic nitrogens is 3. The Labute approximate surface area is 373 Å². The zero-order valence-electron chi connectivity index (χ0n) is 39.2. The van der Waals surface area contributed by atoms with Crippen LogP contribution in [-0.2, 0) is 20.1 Å². The number of imidazole rings is 1. The molecule has 0 aliphatic heterocycles. The summed E-state index contributed by atoms with van der Waals surface area (Å²) in [7, 11) is 0. The molecule has 0 N–H and O–H groups in total. The van der Waals surface area contributed by atoms with E-state index in [4.69, 9.17) is 13.2 Å². The van der Waals surface area contributed by atoms with E-state index in [1.807, 2.05) is 0 Å². The van der Waals surface area contributed by atoms with Gasteiger partial charge in [0.15, 0.2) is 0 Å². The minimum absolute atomic E-state index is 0. The molecule has 0 saturated carbocycles. The number of hydrogen-bond acceptors (Lipinski definition) is 3. The number of aryl methyl sites for hydroxylation is 2. The van der Waals surface area contributed by atoms with E-state index in [0.717, 1.165) is 22.4 Å². The van der Waals surface area contributed by atoms with Crippen molar-refractivity contribution < 1.29 is 28.3 Å². The minimum atomic E-state index is -2.18. The van der Waals surface area contributed by atoms with Crippen LogP contribution >= 0.6 is 11.3 Å². The van der Waals surface area contributed by atoms with Crippen LogP contribution in [0.15, 0.2) is 152 Å². The van der Waals surface area contributed by atoms with Crippen molar-refractivity contribution in [2.24, 2.45) is 0 Å². The predicted octanol–water partition coefficient (Wildman–Crippen LogP) is 15.1. The molecule has 0 unspecified atom stereocenters. The Morgan fingerprint density at radius 2 is 1.32 bits per heavy atom. The van der Waals surface area contributed by atoms with Gasteiger partial charge in [-0.1, -0.05) is 159 Å². The molecule has 1 radical (unpaired) electrons. The summed E-state index contributed by atoms with van der Waals surface area (Å²) in [6.45, 7) is 4.80. The van der Waals surface area contributed by atoms with Gasteiger partial charge in [-0.25, -0.2) is 0 Å². The molecular formula is C54H45IrN3S-2. The Bertz CT molecular complexity index is 3230. The van der Waals surface area contributed by atoms with Gasteiger partial charge in [0, 0.05) is 40.2 Å². The normalized spacial score (nSPS) is 13.3. The van der Waals surface area contributed by atoms with E-state index in [1.54, 1.807) is 23.5 Å². The van der Waals surface area contributed by atoms with Crippen molar-refractivity contribution in [3.05, 3.63) is 185 Å². The van der Waals surface area contributed by atoms with E-state index in [9.17, 15) is 0 Å². The summed E-state index contributed by atoms with van der Waals surface area (Å²) >= 11 is 1.67. The van der Waals surface area contributed by atoms with Gasteiger partial charge in [-0.3, -0.25) is 16.3 Å². The van der Waals surface area contributed by atoms with E-state index in [-0.39, 0.29) is 31.2 Å². The number of hydrogen-bond donors (Lipinski definition) is 0. The van der Waals surface area contributed by atoms with E-state index in [2.05, 4.69) is 164 Å². The molecule has 3 heterocycles. The number of benzene rings is 7. The van der Waals surface area contributed by atoms with Gasteiger partial charge in [0.1, 0.15) is 0 Å². The maximum Gasteiger partial charge on any atom is 0.0774 e. The zero-order valence-corrected chi connectivity index (χ0v) is 36.4. The summed E-state index contributed by atoms with van der Waals surface area (Å²) < 4.78 is 47.3. The Kier molecular flexibility index (Phi) is 9.48. The second-order valence-electron chi connectivity index (χ2n) is 15.3. The molecule has 7 aromatic carbocycles. The number of pyridine rings is 1. The third-order valence-electron chi connectivity index (χ3n) is 10.8. The van der Waals surface area contributed by atoms with Crippen molar-refractivity contribution in [3.8, 4) is 39.5 Å². The van der Waals surface area contributed by atoms with Gasteiger partial charge < -0.3 is 9.55 Å². The fourth-order valence-electron chi connectivity index (χ4n) is 7.83. The molecule has 0 fully saturated rings. The van der Waals surface area contributed by atoms with Crippen molar-refractivity contribution in [2.45, 2.75) is 53.2 Å². The number of nitrogens with zero attached hydrogens (tertiary/aromatic N) is 3. The fourth-order valence-corrected chi connectivity index (χ4v) is 8.65. The number of para-hydroxylation sites is 3. The van der Waals surface area contributed by atoms with Gasteiger partial charge in [-0.2, -0.15) is 0 Å². The summed E-state index contributed by atoms with van der Waals surface area (Å²) in [5.41, 5.74) is 11.1. The predicted molar refractivity (Wildman–Crippen MR) is 247 cm³/mol. The van der Waals surface area contributed by atoms with Crippen molar-refractivity contribution in [1.29, 1.82) is 0 Å². The van der Waals surface area contributed by atoms with Gasteiger partial charge in [0.2, 0.25) is 0 Å². The first-order valence-corrected chi connectivity index (χ1v) is 20.4. The van der Waals surface area contributed by atoms with Gasteiger partial charge in [-0.15, -0.1) is 40.8 Å². The van der Waals surface area contributed by atoms with Crippen LogP contribution in [0.5, 0.6) is 0 Å². The molecule has 10 rings (SSSR count). The van der Waals surface area contributed by atoms with Gasteiger partial charge in [0.25, 0.3) is 0 Å². The molecule has 0 saturated heterocycles. The summed E-state index contributed by atoms with van der Waals surface area (Å²) in [6.07, 6.45) is 1.30. The molecule has 3 nitrogen and oxygen atoms in total. The Hall–Kier alpha value is -5.71. The van der Waals surface area contributed by atoms with E-state index in [1.165, 1.54) is 84.0 Å². The SMILES string of the molecule is CC(C)c1cccc(C(C)C)c1-n1c(-c2[c-]sc3ccc(-c4ccc5ccc6ccccc6c5c4)cc23)nc2ccccc21.[2H]C([2H])([2H])c1c[c-]c(-c2ccc(C([2H])([2H])[2H])cn2)cc1.[Ir]. The number of rotatable bonds is 6. The van der Waals surface area contributed by atoms with E-state index < -0.39 is 13.7 Å². The number of fused-ring (bicyclic) bond motifs is 5. The average Bonchev–Trinajstić information content (AvgIpc) is 3.89. The average molecular weight is 966 g/mol. The molecule has 0 spiro atoms.